The highest BCUT2D eigenvalue weighted by Gasteiger charge is 2.48. The van der Waals surface area contributed by atoms with E-state index in [9.17, 15) is 10.2 Å². The molecule has 2 heteroatoms. The maximum Gasteiger partial charge on any atom is 0.0647 e. The Kier molecular flexibility index (Phi) is 3.39. The van der Waals surface area contributed by atoms with Crippen molar-refractivity contribution in [1.82, 2.24) is 0 Å². The molecule has 0 unspecified atom stereocenters. The van der Waals surface area contributed by atoms with Gasteiger partial charge in [-0.15, -0.1) is 0 Å². The number of hydrogen-bond donors (Lipinski definition) is 2. The smallest absolute Gasteiger partial charge is 0.0647 e. The summed E-state index contributed by atoms with van der Waals surface area (Å²) in [6.07, 6.45) is 5.56. The van der Waals surface area contributed by atoms with Gasteiger partial charge in [-0.25, -0.2) is 0 Å². The van der Waals surface area contributed by atoms with E-state index in [1.807, 2.05) is 0 Å². The first-order chi connectivity index (χ1) is 7.94. The van der Waals surface area contributed by atoms with Crippen LogP contribution in [0, 0.1) is 16.7 Å². The van der Waals surface area contributed by atoms with E-state index in [-0.39, 0.29) is 18.6 Å². The van der Waals surface area contributed by atoms with E-state index in [4.69, 9.17) is 0 Å². The number of aliphatic hydroxyl groups is 2. The summed E-state index contributed by atoms with van der Waals surface area (Å²) in [5.74, 6) is 0.398. The molecule has 0 aromatic carbocycles. The summed E-state index contributed by atoms with van der Waals surface area (Å²) in [6, 6.07) is 0. The maximum absolute atomic E-state index is 9.84. The van der Waals surface area contributed by atoms with Crippen molar-refractivity contribution in [3.8, 4) is 0 Å². The van der Waals surface area contributed by atoms with Crippen LogP contribution in [0.25, 0.3) is 0 Å². The summed E-state index contributed by atoms with van der Waals surface area (Å²) in [4.78, 5) is 0. The molecular weight excluding hydrogens is 212 g/mol. The van der Waals surface area contributed by atoms with Gasteiger partial charge < -0.3 is 10.2 Å². The molecule has 0 heterocycles. The van der Waals surface area contributed by atoms with Crippen molar-refractivity contribution < 1.29 is 10.2 Å². The first kappa shape index (κ1) is 13.1. The molecule has 1 fully saturated rings. The highest BCUT2D eigenvalue weighted by atomic mass is 16.3. The van der Waals surface area contributed by atoms with Crippen molar-refractivity contribution in [2.45, 2.75) is 52.9 Å². The molecule has 1 saturated carbocycles. The lowest BCUT2D eigenvalue weighted by molar-refractivity contribution is -0.0194. The average Bonchev–Trinajstić information content (AvgIpc) is 2.29. The number of aliphatic hydroxyl groups excluding tert-OH is 2. The number of fused-ring (bicyclic) bond motifs is 1. The number of hydrogen-bond acceptors (Lipinski definition) is 2. The van der Waals surface area contributed by atoms with Crippen LogP contribution in [0.5, 0.6) is 0 Å². The van der Waals surface area contributed by atoms with E-state index >= 15 is 0 Å². The molecule has 2 nitrogen and oxygen atoms in total. The Hall–Kier alpha value is -0.340. The van der Waals surface area contributed by atoms with Crippen LogP contribution in [0.3, 0.4) is 0 Å². The Morgan fingerprint density at radius 1 is 1.18 bits per heavy atom. The molecule has 2 N–H and O–H groups in total. The van der Waals surface area contributed by atoms with Crippen LogP contribution in [0.15, 0.2) is 11.1 Å². The van der Waals surface area contributed by atoms with Crippen molar-refractivity contribution in [3.05, 3.63) is 11.1 Å². The molecule has 0 aliphatic heterocycles. The van der Waals surface area contributed by atoms with Crippen LogP contribution >= 0.6 is 0 Å². The maximum atomic E-state index is 9.84. The Morgan fingerprint density at radius 2 is 1.88 bits per heavy atom. The first-order valence-corrected chi connectivity index (χ1v) is 6.84. The summed E-state index contributed by atoms with van der Waals surface area (Å²) >= 11 is 0. The van der Waals surface area contributed by atoms with Gasteiger partial charge in [0.15, 0.2) is 0 Å². The van der Waals surface area contributed by atoms with Gasteiger partial charge in [-0.3, -0.25) is 0 Å². The molecule has 0 spiro atoms. The van der Waals surface area contributed by atoms with E-state index in [0.29, 0.717) is 11.3 Å². The topological polar surface area (TPSA) is 40.5 Å². The molecule has 2 aliphatic carbocycles. The average molecular weight is 238 g/mol. The zero-order valence-corrected chi connectivity index (χ0v) is 11.4. The fourth-order valence-electron chi connectivity index (χ4n) is 3.83. The lowest BCUT2D eigenvalue weighted by Gasteiger charge is -2.52. The third-order valence-corrected chi connectivity index (χ3v) is 5.25. The van der Waals surface area contributed by atoms with Crippen molar-refractivity contribution in [3.63, 3.8) is 0 Å². The Balaban J connectivity index is 2.36. The van der Waals surface area contributed by atoms with Gasteiger partial charge >= 0.3 is 0 Å². The molecule has 2 atom stereocenters. The molecule has 0 aromatic rings. The second kappa shape index (κ2) is 4.40. The quantitative estimate of drug-likeness (QED) is 0.726. The highest BCUT2D eigenvalue weighted by Crippen LogP contribution is 2.56. The number of rotatable bonds is 2. The molecule has 98 valence electrons. The Labute approximate surface area is 105 Å². The fourth-order valence-corrected chi connectivity index (χ4v) is 3.83. The van der Waals surface area contributed by atoms with Gasteiger partial charge in [0, 0.05) is 12.0 Å². The summed E-state index contributed by atoms with van der Waals surface area (Å²) in [7, 11) is 0. The predicted molar refractivity (Wildman–Crippen MR) is 69.7 cm³/mol. The van der Waals surface area contributed by atoms with Crippen molar-refractivity contribution in [1.29, 1.82) is 0 Å². The van der Waals surface area contributed by atoms with Gasteiger partial charge in [0.1, 0.15) is 0 Å². The van der Waals surface area contributed by atoms with E-state index in [2.05, 4.69) is 20.8 Å². The molecule has 0 bridgehead atoms. The Bertz CT molecular complexity index is 330. The summed E-state index contributed by atoms with van der Waals surface area (Å²) in [5.41, 5.74) is 2.99. The van der Waals surface area contributed by atoms with E-state index in [1.165, 1.54) is 17.6 Å². The zero-order chi connectivity index (χ0) is 12.7. The lowest BCUT2D eigenvalue weighted by atomic mass is 9.53. The SMILES string of the molecule is CC1=C(CO)[C@H]2CC(C)(C)CC[C@]2(CO)CC1. The van der Waals surface area contributed by atoms with Crippen LogP contribution in [-0.2, 0) is 0 Å². The normalized spacial score (nSPS) is 36.9. The third kappa shape index (κ3) is 2.17. The van der Waals surface area contributed by atoms with Gasteiger partial charge in [0.25, 0.3) is 0 Å². The minimum absolute atomic E-state index is 0.0626. The van der Waals surface area contributed by atoms with Crippen molar-refractivity contribution >= 4 is 0 Å². The molecule has 0 saturated heterocycles. The monoisotopic (exact) mass is 238 g/mol. The van der Waals surface area contributed by atoms with E-state index < -0.39 is 0 Å². The minimum Gasteiger partial charge on any atom is -0.396 e. The minimum atomic E-state index is 0.0626. The second-order valence-corrected chi connectivity index (χ2v) is 6.91. The van der Waals surface area contributed by atoms with E-state index in [0.717, 1.165) is 25.7 Å². The van der Waals surface area contributed by atoms with Crippen molar-refractivity contribution in [2.75, 3.05) is 13.2 Å². The molecular formula is C15H26O2. The van der Waals surface area contributed by atoms with Gasteiger partial charge in [-0.05, 0) is 55.9 Å². The van der Waals surface area contributed by atoms with Crippen LogP contribution < -0.4 is 0 Å². The van der Waals surface area contributed by atoms with E-state index in [1.54, 1.807) is 0 Å². The predicted octanol–water partition coefficient (Wildman–Crippen LogP) is 2.89. The number of allylic oxidation sites excluding steroid dienone is 1. The fraction of sp³-hybridized carbons (Fsp3) is 0.867. The first-order valence-electron chi connectivity index (χ1n) is 6.84. The van der Waals surface area contributed by atoms with Gasteiger partial charge in [0.05, 0.1) is 6.61 Å². The molecule has 0 aromatic heterocycles. The molecule has 0 radical (unpaired) electrons. The molecule has 17 heavy (non-hydrogen) atoms. The Morgan fingerprint density at radius 3 is 2.47 bits per heavy atom. The summed E-state index contributed by atoms with van der Waals surface area (Å²) < 4.78 is 0. The molecule has 0 amide bonds. The lowest BCUT2D eigenvalue weighted by Crippen LogP contribution is -2.45. The standard InChI is InChI=1S/C15H26O2/c1-11-4-5-15(10-17)7-6-14(2,3)8-13(15)12(11)9-16/h13,16-17H,4-10H2,1-3H3/t13-,15+/m1/s1. The molecule has 2 aliphatic rings. The van der Waals surface area contributed by atoms with Crippen LogP contribution in [0.4, 0.5) is 0 Å². The highest BCUT2D eigenvalue weighted by molar-refractivity contribution is 5.24. The largest absolute Gasteiger partial charge is 0.396 e. The van der Waals surface area contributed by atoms with Gasteiger partial charge in [-0.2, -0.15) is 0 Å². The van der Waals surface area contributed by atoms with Crippen LogP contribution in [0.2, 0.25) is 0 Å². The second-order valence-electron chi connectivity index (χ2n) is 6.91. The summed E-state index contributed by atoms with van der Waals surface area (Å²) in [6.45, 7) is 7.23. The summed E-state index contributed by atoms with van der Waals surface area (Å²) in [5, 5.41) is 19.5. The zero-order valence-electron chi connectivity index (χ0n) is 11.4. The van der Waals surface area contributed by atoms with Gasteiger partial charge in [0.2, 0.25) is 0 Å². The third-order valence-electron chi connectivity index (χ3n) is 5.25. The molecule has 2 rings (SSSR count). The van der Waals surface area contributed by atoms with Crippen LogP contribution in [-0.4, -0.2) is 23.4 Å². The van der Waals surface area contributed by atoms with Crippen molar-refractivity contribution in [2.24, 2.45) is 16.7 Å². The van der Waals surface area contributed by atoms with Gasteiger partial charge in [-0.1, -0.05) is 19.4 Å². The van der Waals surface area contributed by atoms with Crippen LogP contribution in [0.1, 0.15) is 52.9 Å².